The number of nitrogens with zero attached hydrogens (tertiary/aromatic N) is 1. The number of aromatic nitrogens is 1. The van der Waals surface area contributed by atoms with E-state index in [1.807, 2.05) is 19.1 Å². The molecule has 3 heteroatoms. The molecule has 0 aliphatic heterocycles. The van der Waals surface area contributed by atoms with Crippen LogP contribution in [0.2, 0.25) is 0 Å². The Bertz CT molecular complexity index is 593. The highest BCUT2D eigenvalue weighted by molar-refractivity contribution is 6.08. The van der Waals surface area contributed by atoms with Crippen molar-refractivity contribution < 1.29 is 9.18 Å². The Hall–Kier alpha value is -2.03. The predicted molar refractivity (Wildman–Crippen MR) is 68.2 cm³/mol. The lowest BCUT2D eigenvalue weighted by Gasteiger charge is -2.06. The molecule has 0 aliphatic rings. The van der Waals surface area contributed by atoms with E-state index in [0.717, 1.165) is 12.0 Å². The van der Waals surface area contributed by atoms with Gasteiger partial charge in [0.25, 0.3) is 0 Å². The SMILES string of the molecule is CCc1cccnc1C(=O)c1ccc(F)c(C)c1. The standard InChI is InChI=1S/C15H14FNO/c1-3-11-5-4-8-17-14(11)15(18)12-6-7-13(16)10(2)9-12/h4-9H,3H2,1-2H3. The molecular formula is C15H14FNO. The van der Waals surface area contributed by atoms with Gasteiger partial charge in [0.2, 0.25) is 5.78 Å². The van der Waals surface area contributed by atoms with Gasteiger partial charge in [0, 0.05) is 11.8 Å². The summed E-state index contributed by atoms with van der Waals surface area (Å²) < 4.78 is 13.2. The summed E-state index contributed by atoms with van der Waals surface area (Å²) in [5.41, 5.74) is 2.30. The van der Waals surface area contributed by atoms with Crippen LogP contribution in [0.5, 0.6) is 0 Å². The van der Waals surface area contributed by atoms with Crippen LogP contribution in [-0.2, 0) is 6.42 Å². The van der Waals surface area contributed by atoms with E-state index in [1.54, 1.807) is 19.2 Å². The highest BCUT2D eigenvalue weighted by atomic mass is 19.1. The second kappa shape index (κ2) is 5.08. The summed E-state index contributed by atoms with van der Waals surface area (Å²) in [5.74, 6) is -0.459. The molecule has 0 fully saturated rings. The van der Waals surface area contributed by atoms with Crippen LogP contribution in [0.1, 0.15) is 34.1 Å². The Morgan fingerprint density at radius 3 is 2.78 bits per heavy atom. The second-order valence-electron chi connectivity index (χ2n) is 4.16. The van der Waals surface area contributed by atoms with E-state index >= 15 is 0 Å². The van der Waals surface area contributed by atoms with Crippen LogP contribution in [0.4, 0.5) is 4.39 Å². The number of halogens is 1. The first kappa shape index (κ1) is 12.4. The van der Waals surface area contributed by atoms with Gasteiger partial charge in [-0.15, -0.1) is 0 Å². The molecular weight excluding hydrogens is 229 g/mol. The number of aryl methyl sites for hydroxylation is 2. The van der Waals surface area contributed by atoms with Crippen molar-refractivity contribution in [1.29, 1.82) is 0 Å². The van der Waals surface area contributed by atoms with Gasteiger partial charge in [-0.1, -0.05) is 13.0 Å². The van der Waals surface area contributed by atoms with Gasteiger partial charge >= 0.3 is 0 Å². The highest BCUT2D eigenvalue weighted by Gasteiger charge is 2.14. The van der Waals surface area contributed by atoms with E-state index in [4.69, 9.17) is 0 Å². The van der Waals surface area contributed by atoms with Crippen molar-refractivity contribution in [2.24, 2.45) is 0 Å². The minimum absolute atomic E-state index is 0.157. The fourth-order valence-corrected chi connectivity index (χ4v) is 1.85. The molecule has 92 valence electrons. The molecule has 1 aromatic heterocycles. The average molecular weight is 243 g/mol. The highest BCUT2D eigenvalue weighted by Crippen LogP contribution is 2.15. The first-order chi connectivity index (χ1) is 8.63. The van der Waals surface area contributed by atoms with Crippen molar-refractivity contribution in [1.82, 2.24) is 4.98 Å². The fourth-order valence-electron chi connectivity index (χ4n) is 1.85. The smallest absolute Gasteiger partial charge is 0.211 e. The van der Waals surface area contributed by atoms with Crippen molar-refractivity contribution in [3.8, 4) is 0 Å². The zero-order chi connectivity index (χ0) is 13.1. The maximum Gasteiger partial charge on any atom is 0.211 e. The molecule has 0 N–H and O–H groups in total. The van der Waals surface area contributed by atoms with E-state index in [-0.39, 0.29) is 11.6 Å². The van der Waals surface area contributed by atoms with Crippen LogP contribution in [0, 0.1) is 12.7 Å². The maximum atomic E-state index is 13.2. The van der Waals surface area contributed by atoms with Crippen LogP contribution in [-0.4, -0.2) is 10.8 Å². The van der Waals surface area contributed by atoms with Crippen LogP contribution in [0.3, 0.4) is 0 Å². The molecule has 2 aromatic rings. The first-order valence-electron chi connectivity index (χ1n) is 5.88. The Morgan fingerprint density at radius 2 is 2.11 bits per heavy atom. The minimum Gasteiger partial charge on any atom is -0.287 e. The van der Waals surface area contributed by atoms with Gasteiger partial charge in [-0.25, -0.2) is 4.39 Å². The van der Waals surface area contributed by atoms with Gasteiger partial charge in [0.15, 0.2) is 0 Å². The molecule has 1 heterocycles. The average Bonchev–Trinajstić information content (AvgIpc) is 2.41. The number of ketones is 1. The van der Waals surface area contributed by atoms with Crippen molar-refractivity contribution in [3.05, 3.63) is 64.7 Å². The summed E-state index contributed by atoms with van der Waals surface area (Å²) in [6.45, 7) is 3.62. The van der Waals surface area contributed by atoms with Crippen LogP contribution >= 0.6 is 0 Å². The first-order valence-corrected chi connectivity index (χ1v) is 5.88. The zero-order valence-electron chi connectivity index (χ0n) is 10.4. The van der Waals surface area contributed by atoms with Gasteiger partial charge in [0.1, 0.15) is 11.5 Å². The number of rotatable bonds is 3. The monoisotopic (exact) mass is 243 g/mol. The summed E-state index contributed by atoms with van der Waals surface area (Å²) in [6, 6.07) is 8.07. The Morgan fingerprint density at radius 1 is 1.33 bits per heavy atom. The lowest BCUT2D eigenvalue weighted by atomic mass is 10.0. The van der Waals surface area contributed by atoms with Gasteiger partial charge in [0.05, 0.1) is 0 Å². The molecule has 0 radical (unpaired) electrons. The zero-order valence-corrected chi connectivity index (χ0v) is 10.4. The number of carbonyl (C=O) groups excluding carboxylic acids is 1. The third-order valence-corrected chi connectivity index (χ3v) is 2.91. The molecule has 2 rings (SSSR count). The molecule has 0 amide bonds. The molecule has 0 saturated heterocycles. The molecule has 18 heavy (non-hydrogen) atoms. The van der Waals surface area contributed by atoms with Crippen LogP contribution < -0.4 is 0 Å². The van der Waals surface area contributed by atoms with Crippen LogP contribution in [0.15, 0.2) is 36.5 Å². The summed E-state index contributed by atoms with van der Waals surface area (Å²) in [6.07, 6.45) is 2.35. The lowest BCUT2D eigenvalue weighted by molar-refractivity contribution is 0.103. The number of hydrogen-bond acceptors (Lipinski definition) is 2. The Labute approximate surface area is 105 Å². The second-order valence-corrected chi connectivity index (χ2v) is 4.16. The molecule has 0 aliphatic carbocycles. The largest absolute Gasteiger partial charge is 0.287 e. The van der Waals surface area contributed by atoms with E-state index in [9.17, 15) is 9.18 Å². The molecule has 0 saturated carbocycles. The number of pyridine rings is 1. The van der Waals surface area contributed by atoms with Gasteiger partial charge in [-0.05, 0) is 48.7 Å². The summed E-state index contributed by atoms with van der Waals surface area (Å²) in [7, 11) is 0. The van der Waals surface area contributed by atoms with Crippen LogP contribution in [0.25, 0.3) is 0 Å². The molecule has 2 nitrogen and oxygen atoms in total. The third kappa shape index (κ3) is 2.30. The molecule has 0 bridgehead atoms. The van der Waals surface area contributed by atoms with Gasteiger partial charge in [-0.2, -0.15) is 0 Å². The van der Waals surface area contributed by atoms with Crippen molar-refractivity contribution in [2.75, 3.05) is 0 Å². The molecule has 0 unspecified atom stereocenters. The van der Waals surface area contributed by atoms with Crippen molar-refractivity contribution >= 4 is 5.78 Å². The predicted octanol–water partition coefficient (Wildman–Crippen LogP) is 3.32. The normalized spacial score (nSPS) is 10.4. The molecule has 0 atom stereocenters. The Balaban J connectivity index is 2.44. The Kier molecular flexibility index (Phi) is 3.51. The summed E-state index contributed by atoms with van der Waals surface area (Å²) >= 11 is 0. The number of carbonyl (C=O) groups is 1. The number of benzene rings is 1. The summed E-state index contributed by atoms with van der Waals surface area (Å²) in [4.78, 5) is 16.4. The van der Waals surface area contributed by atoms with E-state index in [0.29, 0.717) is 16.8 Å². The van der Waals surface area contributed by atoms with Gasteiger partial charge < -0.3 is 0 Å². The van der Waals surface area contributed by atoms with E-state index in [1.165, 1.54) is 12.1 Å². The topological polar surface area (TPSA) is 30.0 Å². The summed E-state index contributed by atoms with van der Waals surface area (Å²) in [5, 5.41) is 0. The lowest BCUT2D eigenvalue weighted by Crippen LogP contribution is -2.08. The van der Waals surface area contributed by atoms with Gasteiger partial charge in [-0.3, -0.25) is 9.78 Å². The molecule has 0 spiro atoms. The quantitative estimate of drug-likeness (QED) is 0.774. The minimum atomic E-state index is -0.303. The van der Waals surface area contributed by atoms with Crippen molar-refractivity contribution in [3.63, 3.8) is 0 Å². The molecule has 1 aromatic carbocycles. The fraction of sp³-hybridized carbons (Fsp3) is 0.200. The third-order valence-electron chi connectivity index (χ3n) is 2.91. The number of hydrogen-bond donors (Lipinski definition) is 0. The van der Waals surface area contributed by atoms with Crippen molar-refractivity contribution in [2.45, 2.75) is 20.3 Å². The van der Waals surface area contributed by atoms with E-state index < -0.39 is 0 Å². The maximum absolute atomic E-state index is 13.2. The van der Waals surface area contributed by atoms with E-state index in [2.05, 4.69) is 4.98 Å².